The van der Waals surface area contributed by atoms with Gasteiger partial charge >= 0.3 is 5.97 Å². The molecule has 0 spiro atoms. The molecule has 98 valence electrons. The molecule has 0 bridgehead atoms. The highest BCUT2D eigenvalue weighted by Crippen LogP contribution is 2.07. The quantitative estimate of drug-likeness (QED) is 0.388. The van der Waals surface area contributed by atoms with Crippen molar-refractivity contribution in [1.82, 2.24) is 9.78 Å². The summed E-state index contributed by atoms with van der Waals surface area (Å²) in [5, 5.41) is 7.68. The van der Waals surface area contributed by atoms with Crippen molar-refractivity contribution in [3.05, 3.63) is 53.3 Å². The lowest BCUT2D eigenvalue weighted by Crippen LogP contribution is -2.15. The third kappa shape index (κ3) is 2.98. The Balaban J connectivity index is 2.10. The molecule has 0 amide bonds. The molecule has 1 aromatic carbocycles. The van der Waals surface area contributed by atoms with E-state index >= 15 is 0 Å². The smallest absolute Gasteiger partial charge is 0.369 e. The number of nitrogens with zero attached hydrogens (tertiary/aromatic N) is 3. The fourth-order valence-electron chi connectivity index (χ4n) is 1.60. The molecule has 1 heterocycles. The van der Waals surface area contributed by atoms with Crippen molar-refractivity contribution in [3.8, 4) is 0 Å². The molecule has 0 aliphatic carbocycles. The number of benzene rings is 1. The Kier molecular flexibility index (Phi) is 3.61. The summed E-state index contributed by atoms with van der Waals surface area (Å²) in [4.78, 5) is 16.6. The molecular weight excluding hydrogens is 244 g/mol. The second-order valence-electron chi connectivity index (χ2n) is 4.02. The monoisotopic (exact) mass is 258 g/mol. The molecular formula is C13H14N4O2. The van der Waals surface area contributed by atoms with Crippen LogP contribution in [0.1, 0.15) is 21.6 Å². The van der Waals surface area contributed by atoms with Crippen molar-refractivity contribution >= 4 is 11.8 Å². The predicted octanol–water partition coefficient (Wildman–Crippen LogP) is 1.21. The topological polar surface area (TPSA) is 82.5 Å². The molecule has 0 unspecified atom stereocenters. The lowest BCUT2D eigenvalue weighted by molar-refractivity contribution is 0.0515. The van der Waals surface area contributed by atoms with Crippen molar-refractivity contribution in [3.63, 3.8) is 0 Å². The molecule has 0 saturated heterocycles. The molecule has 2 rings (SSSR count). The van der Waals surface area contributed by atoms with E-state index in [1.807, 2.05) is 18.2 Å². The van der Waals surface area contributed by atoms with E-state index < -0.39 is 5.97 Å². The molecule has 6 nitrogen and oxygen atoms in total. The minimum atomic E-state index is -0.579. The molecule has 2 N–H and O–H groups in total. The van der Waals surface area contributed by atoms with E-state index in [0.29, 0.717) is 16.8 Å². The average Bonchev–Trinajstić information content (AvgIpc) is 2.75. The van der Waals surface area contributed by atoms with Gasteiger partial charge in [-0.05, 0) is 6.92 Å². The lowest BCUT2D eigenvalue weighted by atomic mass is 10.2. The van der Waals surface area contributed by atoms with E-state index in [0.717, 1.165) is 0 Å². The maximum Gasteiger partial charge on any atom is 0.369 e. The molecule has 0 radical (unpaired) electrons. The summed E-state index contributed by atoms with van der Waals surface area (Å²) in [6.07, 6.45) is 1.58. The van der Waals surface area contributed by atoms with E-state index in [1.165, 1.54) is 4.68 Å². The Bertz CT molecular complexity index is 617. The number of carbonyl (C=O) groups excluding carboxylic acids is 1. The van der Waals surface area contributed by atoms with Crippen molar-refractivity contribution in [1.29, 1.82) is 0 Å². The third-order valence-electron chi connectivity index (χ3n) is 2.53. The number of hydrogen-bond acceptors (Lipinski definition) is 4. The molecule has 2 aromatic rings. The standard InChI is InChI=1S/C13H14N4O2/c1-9-11(8-17(2)15-9)13(18)19-16-12(14)10-6-4-3-5-7-10/h3-8H,1-2H3,(H2,14,16). The van der Waals surface area contributed by atoms with Gasteiger partial charge in [-0.25, -0.2) is 4.79 Å². The minimum absolute atomic E-state index is 0.149. The zero-order valence-corrected chi connectivity index (χ0v) is 10.7. The normalized spacial score (nSPS) is 11.4. The van der Waals surface area contributed by atoms with E-state index in [4.69, 9.17) is 10.6 Å². The molecule has 0 aliphatic heterocycles. The van der Waals surface area contributed by atoms with E-state index in [9.17, 15) is 4.79 Å². The van der Waals surface area contributed by atoms with Gasteiger partial charge < -0.3 is 10.6 Å². The second-order valence-corrected chi connectivity index (χ2v) is 4.02. The second kappa shape index (κ2) is 5.34. The fourth-order valence-corrected chi connectivity index (χ4v) is 1.60. The predicted molar refractivity (Wildman–Crippen MR) is 70.5 cm³/mol. The number of amidine groups is 1. The summed E-state index contributed by atoms with van der Waals surface area (Å²) in [5.41, 5.74) is 7.36. The number of aromatic nitrogens is 2. The number of aryl methyl sites for hydroxylation is 2. The van der Waals surface area contributed by atoms with Crippen molar-refractivity contribution in [2.75, 3.05) is 0 Å². The number of rotatable bonds is 3. The minimum Gasteiger partial charge on any atom is -0.380 e. The zero-order valence-electron chi connectivity index (χ0n) is 10.7. The van der Waals surface area contributed by atoms with Gasteiger partial charge in [-0.2, -0.15) is 5.10 Å². The first-order valence-electron chi connectivity index (χ1n) is 5.68. The third-order valence-corrected chi connectivity index (χ3v) is 2.53. The van der Waals surface area contributed by atoms with E-state index in [-0.39, 0.29) is 5.84 Å². The van der Waals surface area contributed by atoms with Crippen molar-refractivity contribution in [2.24, 2.45) is 17.9 Å². The Morgan fingerprint density at radius 2 is 2.05 bits per heavy atom. The maximum atomic E-state index is 11.8. The number of oxime groups is 1. The van der Waals surface area contributed by atoms with E-state index in [1.54, 1.807) is 32.3 Å². The van der Waals surface area contributed by atoms with Gasteiger partial charge in [0.1, 0.15) is 5.56 Å². The highest BCUT2D eigenvalue weighted by Gasteiger charge is 2.14. The summed E-state index contributed by atoms with van der Waals surface area (Å²) in [5.74, 6) is -0.431. The molecule has 0 aliphatic rings. The largest absolute Gasteiger partial charge is 0.380 e. The number of carbonyl (C=O) groups is 1. The van der Waals surface area contributed by atoms with Gasteiger partial charge in [0.15, 0.2) is 5.84 Å². The highest BCUT2D eigenvalue weighted by molar-refractivity contribution is 5.98. The summed E-state index contributed by atoms with van der Waals surface area (Å²) < 4.78 is 1.54. The first-order chi connectivity index (χ1) is 9.08. The summed E-state index contributed by atoms with van der Waals surface area (Å²) in [6, 6.07) is 9.07. The molecule has 0 atom stereocenters. The van der Waals surface area contributed by atoms with Gasteiger partial charge in [0.05, 0.1) is 5.69 Å². The fraction of sp³-hybridized carbons (Fsp3) is 0.154. The Labute approximate surface area is 110 Å². The maximum absolute atomic E-state index is 11.8. The lowest BCUT2D eigenvalue weighted by Gasteiger charge is -2.00. The molecule has 6 heteroatoms. The van der Waals surface area contributed by atoms with Gasteiger partial charge in [-0.3, -0.25) is 4.68 Å². The van der Waals surface area contributed by atoms with Gasteiger partial charge in [-0.1, -0.05) is 35.5 Å². The first kappa shape index (κ1) is 12.8. The average molecular weight is 258 g/mol. The van der Waals surface area contributed by atoms with Crippen LogP contribution in [0.4, 0.5) is 0 Å². The van der Waals surface area contributed by atoms with Crippen molar-refractivity contribution < 1.29 is 9.63 Å². The summed E-state index contributed by atoms with van der Waals surface area (Å²) in [7, 11) is 1.73. The zero-order chi connectivity index (χ0) is 13.8. The van der Waals surface area contributed by atoms with Crippen LogP contribution in [0.25, 0.3) is 0 Å². The summed E-state index contributed by atoms with van der Waals surface area (Å²) in [6.45, 7) is 1.72. The van der Waals surface area contributed by atoms with Gasteiger partial charge in [-0.15, -0.1) is 0 Å². The van der Waals surface area contributed by atoms with Crippen LogP contribution in [0.3, 0.4) is 0 Å². The SMILES string of the molecule is Cc1nn(C)cc1C(=O)O/N=C(\N)c1ccccc1. The van der Waals surface area contributed by atoms with Gasteiger partial charge in [0.25, 0.3) is 0 Å². The molecule has 0 fully saturated rings. The molecule has 1 aromatic heterocycles. The van der Waals surface area contributed by atoms with Crippen LogP contribution in [0, 0.1) is 6.92 Å². The van der Waals surface area contributed by atoms with Crippen LogP contribution in [0.5, 0.6) is 0 Å². The Morgan fingerprint density at radius 1 is 1.37 bits per heavy atom. The molecule has 0 saturated carbocycles. The van der Waals surface area contributed by atoms with Crippen LogP contribution >= 0.6 is 0 Å². The highest BCUT2D eigenvalue weighted by atomic mass is 16.7. The number of hydrogen-bond donors (Lipinski definition) is 1. The Hall–Kier alpha value is -2.63. The van der Waals surface area contributed by atoms with Gasteiger partial charge in [0, 0.05) is 18.8 Å². The first-order valence-corrected chi connectivity index (χ1v) is 5.68. The number of nitrogens with two attached hydrogens (primary N) is 1. The summed E-state index contributed by atoms with van der Waals surface area (Å²) >= 11 is 0. The Morgan fingerprint density at radius 3 is 2.63 bits per heavy atom. The van der Waals surface area contributed by atoms with Crippen LogP contribution in [0.2, 0.25) is 0 Å². The molecule has 19 heavy (non-hydrogen) atoms. The van der Waals surface area contributed by atoms with Crippen molar-refractivity contribution in [2.45, 2.75) is 6.92 Å². The van der Waals surface area contributed by atoms with Crippen LogP contribution in [-0.2, 0) is 11.9 Å². The van der Waals surface area contributed by atoms with Gasteiger partial charge in [0.2, 0.25) is 0 Å². The van der Waals surface area contributed by atoms with Crippen LogP contribution < -0.4 is 5.73 Å². The van der Waals surface area contributed by atoms with E-state index in [2.05, 4.69) is 10.3 Å². The van der Waals surface area contributed by atoms with Crippen LogP contribution in [0.15, 0.2) is 41.7 Å². The van der Waals surface area contributed by atoms with Crippen LogP contribution in [-0.4, -0.2) is 21.6 Å².